The smallest absolute Gasteiger partial charge is 0.274 e. The summed E-state index contributed by atoms with van der Waals surface area (Å²) in [6.45, 7) is 0.865. The van der Waals surface area contributed by atoms with Gasteiger partial charge in [0.2, 0.25) is 5.91 Å². The number of hydrogen-bond acceptors (Lipinski definition) is 6. The Balaban J connectivity index is 1.61. The van der Waals surface area contributed by atoms with Crippen molar-refractivity contribution in [1.29, 1.82) is 0 Å². The number of benzene rings is 1. The lowest BCUT2D eigenvalue weighted by atomic mass is 9.75. The number of rotatable bonds is 5. The van der Waals surface area contributed by atoms with Crippen LogP contribution in [0.15, 0.2) is 59.5 Å². The molecule has 0 bridgehead atoms. The fourth-order valence-electron chi connectivity index (χ4n) is 4.22. The van der Waals surface area contributed by atoms with Crippen LogP contribution in [0.4, 0.5) is 0 Å². The molecule has 4 rings (SSSR count). The third-order valence-corrected chi connectivity index (χ3v) is 5.65. The van der Waals surface area contributed by atoms with Crippen molar-refractivity contribution in [2.45, 2.75) is 19.3 Å². The summed E-state index contributed by atoms with van der Waals surface area (Å²) in [7, 11) is 3.48. The van der Waals surface area contributed by atoms with Crippen LogP contribution in [0.2, 0.25) is 0 Å². The van der Waals surface area contributed by atoms with Gasteiger partial charge in [-0.15, -0.1) is 0 Å². The highest BCUT2D eigenvalue weighted by atomic mass is 16.5. The fourth-order valence-corrected chi connectivity index (χ4v) is 4.22. The second-order valence-electron chi connectivity index (χ2n) is 8.12. The molecule has 0 spiro atoms. The summed E-state index contributed by atoms with van der Waals surface area (Å²) >= 11 is 0. The molecule has 3 aromatic rings. The minimum Gasteiger partial charge on any atom is -0.361 e. The van der Waals surface area contributed by atoms with E-state index in [1.807, 2.05) is 36.4 Å². The van der Waals surface area contributed by atoms with Crippen molar-refractivity contribution in [2.75, 3.05) is 27.2 Å². The minimum absolute atomic E-state index is 0.0261. The Kier molecular flexibility index (Phi) is 5.79. The number of piperidine rings is 1. The van der Waals surface area contributed by atoms with E-state index >= 15 is 0 Å². The Morgan fingerprint density at radius 3 is 2.71 bits per heavy atom. The lowest BCUT2D eigenvalue weighted by molar-refractivity contribution is -0.142. The highest BCUT2D eigenvalue weighted by Crippen LogP contribution is 2.36. The molecule has 8 nitrogen and oxygen atoms in total. The van der Waals surface area contributed by atoms with E-state index in [4.69, 9.17) is 4.52 Å². The van der Waals surface area contributed by atoms with Crippen molar-refractivity contribution in [3.8, 4) is 11.3 Å². The molecule has 2 amide bonds. The molecule has 8 heteroatoms. The molecular formula is C23H25N5O3. The van der Waals surface area contributed by atoms with Gasteiger partial charge in [0.1, 0.15) is 17.1 Å². The van der Waals surface area contributed by atoms with Crippen molar-refractivity contribution in [1.82, 2.24) is 24.9 Å². The molecular weight excluding hydrogens is 394 g/mol. The number of likely N-dealkylation sites (tertiary alicyclic amines) is 1. The average molecular weight is 419 g/mol. The lowest BCUT2D eigenvalue weighted by Crippen LogP contribution is -2.54. The Morgan fingerprint density at radius 1 is 1.19 bits per heavy atom. The van der Waals surface area contributed by atoms with Crippen LogP contribution < -0.4 is 0 Å². The Bertz CT molecular complexity index is 1050. The second kappa shape index (κ2) is 8.67. The van der Waals surface area contributed by atoms with E-state index in [2.05, 4.69) is 15.1 Å². The zero-order valence-corrected chi connectivity index (χ0v) is 17.7. The molecule has 0 saturated carbocycles. The van der Waals surface area contributed by atoms with E-state index in [1.54, 1.807) is 23.9 Å². The van der Waals surface area contributed by atoms with Gasteiger partial charge < -0.3 is 14.3 Å². The maximum atomic E-state index is 13.3. The van der Waals surface area contributed by atoms with Crippen molar-refractivity contribution < 1.29 is 14.1 Å². The van der Waals surface area contributed by atoms with Gasteiger partial charge in [-0.2, -0.15) is 0 Å². The molecule has 160 valence electrons. The number of nitrogens with zero attached hydrogens (tertiary/aromatic N) is 5. The zero-order valence-electron chi connectivity index (χ0n) is 17.7. The van der Waals surface area contributed by atoms with Crippen LogP contribution in [0.1, 0.15) is 29.1 Å². The minimum atomic E-state index is -0.785. The van der Waals surface area contributed by atoms with Gasteiger partial charge in [-0.25, -0.2) is 4.98 Å². The predicted molar refractivity (Wildman–Crippen MR) is 114 cm³/mol. The van der Waals surface area contributed by atoms with E-state index in [0.717, 1.165) is 11.3 Å². The molecule has 1 fully saturated rings. The SMILES string of the molecule is CN(C)C(=O)[C@@]1(Cc2cc(-c3ccccc3)no2)CCCN(C(=O)c2cnccn2)C1. The standard InChI is InChI=1S/C23H25N5O3/c1-27(2)22(30)23(14-18-13-19(26-31-18)17-7-4-3-5-8-17)9-6-12-28(16-23)21(29)20-15-24-10-11-25-20/h3-5,7-8,10-11,13,15H,6,9,12,14,16H2,1-2H3/t23-/m1/s1. The van der Waals surface area contributed by atoms with E-state index in [1.165, 1.54) is 18.6 Å². The van der Waals surface area contributed by atoms with Gasteiger partial charge in [0.15, 0.2) is 0 Å². The second-order valence-corrected chi connectivity index (χ2v) is 8.12. The molecule has 2 aromatic heterocycles. The molecule has 31 heavy (non-hydrogen) atoms. The molecule has 1 aromatic carbocycles. The molecule has 0 radical (unpaired) electrons. The number of carbonyl (C=O) groups excluding carboxylic acids is 2. The van der Waals surface area contributed by atoms with Crippen LogP contribution in [0.5, 0.6) is 0 Å². The molecule has 1 aliphatic rings. The van der Waals surface area contributed by atoms with E-state index in [9.17, 15) is 9.59 Å². The summed E-state index contributed by atoms with van der Waals surface area (Å²) < 4.78 is 5.61. The summed E-state index contributed by atoms with van der Waals surface area (Å²) in [4.78, 5) is 37.7. The first-order valence-corrected chi connectivity index (χ1v) is 10.3. The van der Waals surface area contributed by atoms with Crippen LogP contribution in [0.25, 0.3) is 11.3 Å². The zero-order chi connectivity index (χ0) is 21.8. The quantitative estimate of drug-likeness (QED) is 0.631. The first kappa shape index (κ1) is 20.7. The van der Waals surface area contributed by atoms with Gasteiger partial charge in [0.05, 0.1) is 11.6 Å². The van der Waals surface area contributed by atoms with Crippen LogP contribution in [-0.4, -0.2) is 63.9 Å². The summed E-state index contributed by atoms with van der Waals surface area (Å²) in [5, 5.41) is 4.19. The van der Waals surface area contributed by atoms with Crippen LogP contribution in [0.3, 0.4) is 0 Å². The normalized spacial score (nSPS) is 18.6. The third kappa shape index (κ3) is 4.33. The molecule has 1 saturated heterocycles. The number of amides is 2. The van der Waals surface area contributed by atoms with Gasteiger partial charge >= 0.3 is 0 Å². The van der Waals surface area contributed by atoms with Crippen molar-refractivity contribution in [3.63, 3.8) is 0 Å². The lowest BCUT2D eigenvalue weighted by Gasteiger charge is -2.42. The van der Waals surface area contributed by atoms with Crippen molar-refractivity contribution in [3.05, 3.63) is 66.4 Å². The van der Waals surface area contributed by atoms with E-state index in [-0.39, 0.29) is 17.5 Å². The van der Waals surface area contributed by atoms with Crippen LogP contribution in [-0.2, 0) is 11.2 Å². The van der Waals surface area contributed by atoms with Crippen LogP contribution in [0, 0.1) is 5.41 Å². The molecule has 1 aliphatic heterocycles. The maximum absolute atomic E-state index is 13.3. The first-order valence-electron chi connectivity index (χ1n) is 10.3. The summed E-state index contributed by atoms with van der Waals surface area (Å²) in [5.41, 5.74) is 1.18. The maximum Gasteiger partial charge on any atom is 0.274 e. The first-order chi connectivity index (χ1) is 15.0. The third-order valence-electron chi connectivity index (χ3n) is 5.65. The molecule has 3 heterocycles. The Hall–Kier alpha value is -3.55. The van der Waals surface area contributed by atoms with E-state index < -0.39 is 5.41 Å². The summed E-state index contributed by atoms with van der Waals surface area (Å²) in [6.07, 6.45) is 6.22. The van der Waals surface area contributed by atoms with Gasteiger partial charge in [-0.05, 0) is 12.8 Å². The van der Waals surface area contributed by atoms with Gasteiger partial charge in [0, 0.05) is 57.6 Å². The summed E-state index contributed by atoms with van der Waals surface area (Å²) in [5.74, 6) is 0.385. The van der Waals surface area contributed by atoms with E-state index in [0.29, 0.717) is 38.1 Å². The topological polar surface area (TPSA) is 92.4 Å². The Morgan fingerprint density at radius 2 is 2.00 bits per heavy atom. The summed E-state index contributed by atoms with van der Waals surface area (Å²) in [6, 6.07) is 11.6. The van der Waals surface area contributed by atoms with Gasteiger partial charge in [-0.3, -0.25) is 14.6 Å². The van der Waals surface area contributed by atoms with Gasteiger partial charge in [-0.1, -0.05) is 35.5 Å². The number of carbonyl (C=O) groups is 2. The monoisotopic (exact) mass is 419 g/mol. The number of hydrogen-bond donors (Lipinski definition) is 0. The van der Waals surface area contributed by atoms with Gasteiger partial charge in [0.25, 0.3) is 5.91 Å². The largest absolute Gasteiger partial charge is 0.361 e. The highest BCUT2D eigenvalue weighted by Gasteiger charge is 2.45. The Labute approximate surface area is 180 Å². The number of aromatic nitrogens is 3. The van der Waals surface area contributed by atoms with Crippen LogP contribution >= 0.6 is 0 Å². The highest BCUT2D eigenvalue weighted by molar-refractivity contribution is 5.93. The molecule has 0 aliphatic carbocycles. The molecule has 1 atom stereocenters. The van der Waals surface area contributed by atoms with Crippen molar-refractivity contribution >= 4 is 11.8 Å². The molecule has 0 N–H and O–H groups in total. The average Bonchev–Trinajstić information content (AvgIpc) is 3.27. The molecule has 0 unspecified atom stereocenters. The predicted octanol–water partition coefficient (Wildman–Crippen LogP) is 2.68. The fraction of sp³-hybridized carbons (Fsp3) is 0.348. The van der Waals surface area contributed by atoms with Crippen molar-refractivity contribution in [2.24, 2.45) is 5.41 Å².